The van der Waals surface area contributed by atoms with Crippen molar-refractivity contribution in [3.05, 3.63) is 0 Å². The molecule has 0 spiro atoms. The Kier molecular flexibility index (Phi) is 3.83. The van der Waals surface area contributed by atoms with Crippen LogP contribution in [0.1, 0.15) is 72.1 Å². The van der Waals surface area contributed by atoms with Gasteiger partial charge in [-0.15, -0.1) is 11.6 Å². The second-order valence-corrected chi connectivity index (χ2v) is 9.73. The summed E-state index contributed by atoms with van der Waals surface area (Å²) in [7, 11) is 0. The van der Waals surface area contributed by atoms with Crippen LogP contribution in [0.3, 0.4) is 0 Å². The molecule has 0 saturated heterocycles. The highest BCUT2D eigenvalue weighted by Crippen LogP contribution is 2.70. The first-order chi connectivity index (χ1) is 9.76. The molecule has 3 atom stereocenters. The van der Waals surface area contributed by atoms with Crippen molar-refractivity contribution >= 4 is 17.5 Å². The highest BCUT2D eigenvalue weighted by Gasteiger charge is 2.60. The molecule has 21 heavy (non-hydrogen) atoms. The van der Waals surface area contributed by atoms with Gasteiger partial charge in [-0.2, -0.15) is 0 Å². The molecule has 1 amide bonds. The number of rotatable bonds is 5. The van der Waals surface area contributed by atoms with E-state index >= 15 is 0 Å². The summed E-state index contributed by atoms with van der Waals surface area (Å²) in [5.74, 6) is 1.09. The van der Waals surface area contributed by atoms with Crippen LogP contribution >= 0.6 is 11.6 Å². The monoisotopic (exact) mass is 311 g/mol. The van der Waals surface area contributed by atoms with Crippen molar-refractivity contribution in [1.82, 2.24) is 5.32 Å². The average molecular weight is 312 g/mol. The summed E-state index contributed by atoms with van der Waals surface area (Å²) in [6, 6.07) is 0. The quantitative estimate of drug-likeness (QED) is 0.744. The zero-order valence-corrected chi connectivity index (χ0v) is 14.6. The molecule has 4 aliphatic rings. The lowest BCUT2D eigenvalue weighted by Crippen LogP contribution is -2.56. The number of carbonyl (C=O) groups is 1. The Morgan fingerprint density at radius 3 is 2.33 bits per heavy atom. The van der Waals surface area contributed by atoms with Gasteiger partial charge < -0.3 is 5.32 Å². The van der Waals surface area contributed by atoms with Crippen molar-refractivity contribution in [2.24, 2.45) is 22.2 Å². The van der Waals surface area contributed by atoms with E-state index in [1.807, 2.05) is 0 Å². The number of amides is 1. The van der Waals surface area contributed by atoms with E-state index < -0.39 is 0 Å². The fraction of sp³-hybridized carbons (Fsp3) is 0.944. The second-order valence-electron chi connectivity index (χ2n) is 9.12. The SMILES string of the molecule is CCC(Cl)CNC(=O)CC12CC3CC(C)(CC(C)(C3)C1)C2. The summed E-state index contributed by atoms with van der Waals surface area (Å²) in [5, 5.41) is 3.13. The molecule has 1 N–H and O–H groups in total. The lowest BCUT2D eigenvalue weighted by molar-refractivity contribution is -0.156. The number of hydrogen-bond donors (Lipinski definition) is 1. The Hall–Kier alpha value is -0.240. The largest absolute Gasteiger partial charge is 0.355 e. The van der Waals surface area contributed by atoms with Crippen LogP contribution in [-0.4, -0.2) is 17.8 Å². The maximum absolute atomic E-state index is 12.4. The summed E-state index contributed by atoms with van der Waals surface area (Å²) >= 11 is 6.11. The van der Waals surface area contributed by atoms with Gasteiger partial charge in [0.05, 0.1) is 5.38 Å². The summed E-state index contributed by atoms with van der Waals surface area (Å²) in [6.45, 7) is 7.61. The van der Waals surface area contributed by atoms with Gasteiger partial charge in [0.2, 0.25) is 5.91 Å². The third kappa shape index (κ3) is 3.11. The summed E-state index contributed by atoms with van der Waals surface area (Å²) < 4.78 is 0. The molecule has 0 heterocycles. The van der Waals surface area contributed by atoms with Crippen LogP contribution in [0.15, 0.2) is 0 Å². The van der Waals surface area contributed by atoms with Gasteiger partial charge in [0, 0.05) is 13.0 Å². The van der Waals surface area contributed by atoms with Crippen molar-refractivity contribution in [2.75, 3.05) is 6.54 Å². The molecule has 2 nitrogen and oxygen atoms in total. The van der Waals surface area contributed by atoms with Crippen LogP contribution in [0.4, 0.5) is 0 Å². The normalized spacial score (nSPS) is 45.6. The minimum Gasteiger partial charge on any atom is -0.355 e. The maximum Gasteiger partial charge on any atom is 0.220 e. The number of carbonyl (C=O) groups excluding carboxylic acids is 1. The van der Waals surface area contributed by atoms with E-state index in [1.54, 1.807) is 0 Å². The Labute approximate surface area is 134 Å². The Morgan fingerprint density at radius 1 is 1.19 bits per heavy atom. The van der Waals surface area contributed by atoms with Crippen molar-refractivity contribution in [3.63, 3.8) is 0 Å². The van der Waals surface area contributed by atoms with Crippen molar-refractivity contribution in [2.45, 2.75) is 77.5 Å². The Balaban J connectivity index is 1.66. The molecule has 0 aromatic rings. The highest BCUT2D eigenvalue weighted by atomic mass is 35.5. The molecule has 120 valence electrons. The molecule has 4 aliphatic carbocycles. The molecule has 4 bridgehead atoms. The third-order valence-corrected chi connectivity index (χ3v) is 6.70. The summed E-state index contributed by atoms with van der Waals surface area (Å²) in [4.78, 5) is 12.4. The van der Waals surface area contributed by atoms with Gasteiger partial charge >= 0.3 is 0 Å². The van der Waals surface area contributed by atoms with Gasteiger partial charge in [-0.05, 0) is 67.1 Å². The molecular formula is C18H30ClNO. The topological polar surface area (TPSA) is 29.1 Å². The highest BCUT2D eigenvalue weighted by molar-refractivity contribution is 6.20. The van der Waals surface area contributed by atoms with Gasteiger partial charge in [0.1, 0.15) is 0 Å². The van der Waals surface area contributed by atoms with E-state index in [1.165, 1.54) is 38.5 Å². The fourth-order valence-corrected chi connectivity index (χ4v) is 6.73. The summed E-state index contributed by atoms with van der Waals surface area (Å²) in [5.41, 5.74) is 1.26. The molecule has 0 aliphatic heterocycles. The summed E-state index contributed by atoms with van der Waals surface area (Å²) in [6.07, 6.45) is 9.60. The first-order valence-electron chi connectivity index (χ1n) is 8.66. The molecule has 0 aromatic carbocycles. The van der Waals surface area contributed by atoms with Gasteiger partial charge in [-0.25, -0.2) is 0 Å². The van der Waals surface area contributed by atoms with Crippen LogP contribution in [0.25, 0.3) is 0 Å². The minimum atomic E-state index is 0.0698. The van der Waals surface area contributed by atoms with E-state index in [0.717, 1.165) is 18.8 Å². The van der Waals surface area contributed by atoms with Crippen LogP contribution in [0, 0.1) is 22.2 Å². The van der Waals surface area contributed by atoms with Gasteiger partial charge in [-0.3, -0.25) is 4.79 Å². The maximum atomic E-state index is 12.4. The van der Waals surface area contributed by atoms with Gasteiger partial charge in [-0.1, -0.05) is 20.8 Å². The van der Waals surface area contributed by atoms with E-state index in [4.69, 9.17) is 11.6 Å². The molecule has 4 rings (SSSR count). The van der Waals surface area contributed by atoms with Crippen molar-refractivity contribution in [1.29, 1.82) is 0 Å². The fourth-order valence-electron chi connectivity index (χ4n) is 6.65. The number of hydrogen-bond acceptors (Lipinski definition) is 1. The predicted octanol–water partition coefficient (Wildman–Crippen LogP) is 4.51. The van der Waals surface area contributed by atoms with E-state index in [0.29, 0.717) is 17.4 Å². The Morgan fingerprint density at radius 2 is 1.81 bits per heavy atom. The molecule has 3 unspecified atom stereocenters. The Bertz CT molecular complexity index is 417. The lowest BCUT2D eigenvalue weighted by atomic mass is 9.40. The molecule has 0 radical (unpaired) electrons. The molecule has 3 heteroatoms. The average Bonchev–Trinajstić information content (AvgIpc) is 2.30. The predicted molar refractivity (Wildman–Crippen MR) is 87.4 cm³/mol. The zero-order valence-electron chi connectivity index (χ0n) is 13.8. The first kappa shape index (κ1) is 15.6. The minimum absolute atomic E-state index is 0.0698. The number of halogens is 1. The zero-order chi connectivity index (χ0) is 15.3. The molecular weight excluding hydrogens is 282 g/mol. The van der Waals surface area contributed by atoms with Crippen LogP contribution in [-0.2, 0) is 4.79 Å². The van der Waals surface area contributed by atoms with Crippen LogP contribution in [0.5, 0.6) is 0 Å². The van der Waals surface area contributed by atoms with E-state index in [2.05, 4.69) is 26.1 Å². The lowest BCUT2D eigenvalue weighted by Gasteiger charge is -2.65. The standard InChI is InChI=1S/C18H30ClNO/c1-4-14(19)9-20-15(21)8-18-7-13-5-16(2,11-18)10-17(3,6-13)12-18/h13-14H,4-12H2,1-3H3,(H,20,21). The number of nitrogens with one attached hydrogen (secondary N) is 1. The van der Waals surface area contributed by atoms with Crippen LogP contribution in [0.2, 0.25) is 0 Å². The second kappa shape index (κ2) is 5.15. The van der Waals surface area contributed by atoms with E-state index in [-0.39, 0.29) is 16.7 Å². The number of alkyl halides is 1. The first-order valence-corrected chi connectivity index (χ1v) is 9.10. The van der Waals surface area contributed by atoms with Gasteiger partial charge in [0.15, 0.2) is 0 Å². The van der Waals surface area contributed by atoms with Gasteiger partial charge in [0.25, 0.3) is 0 Å². The van der Waals surface area contributed by atoms with E-state index in [9.17, 15) is 4.79 Å². The smallest absolute Gasteiger partial charge is 0.220 e. The van der Waals surface area contributed by atoms with Crippen molar-refractivity contribution in [3.8, 4) is 0 Å². The van der Waals surface area contributed by atoms with Crippen molar-refractivity contribution < 1.29 is 4.79 Å². The molecule has 4 saturated carbocycles. The van der Waals surface area contributed by atoms with Crippen LogP contribution < -0.4 is 5.32 Å². The third-order valence-electron chi connectivity index (χ3n) is 6.24. The molecule has 4 fully saturated rings. The molecule has 0 aromatic heterocycles.